The van der Waals surface area contributed by atoms with E-state index in [1.54, 1.807) is 18.2 Å². The standard InChI is InChI=1S/C29H35Cl2N3O3/c1-19(23-5-3-21(17-32)4-6-23)28(29(35)36)34-15-9-22(10-16-34)18-33-13-11-24(12-14-33)37-26-8-7-25(30)27(31)20(26)2/h3-8,19,22,24,28H,9-16,18H2,1-2H3,(H,35,36)/t19?,28-/m0/s1. The summed E-state index contributed by atoms with van der Waals surface area (Å²) in [6.07, 6.45) is 4.13. The van der Waals surface area contributed by atoms with Gasteiger partial charge in [-0.15, -0.1) is 0 Å². The fraction of sp³-hybridized carbons (Fsp3) is 0.517. The van der Waals surface area contributed by atoms with E-state index < -0.39 is 12.0 Å². The van der Waals surface area contributed by atoms with Crippen LogP contribution in [0.25, 0.3) is 0 Å². The Morgan fingerprint density at radius 3 is 2.32 bits per heavy atom. The number of benzene rings is 2. The Kier molecular flexibility index (Phi) is 9.36. The number of carboxylic acids is 1. The molecule has 0 aliphatic carbocycles. The van der Waals surface area contributed by atoms with E-state index in [0.717, 1.165) is 75.3 Å². The van der Waals surface area contributed by atoms with Crippen LogP contribution in [-0.4, -0.2) is 65.7 Å². The molecule has 37 heavy (non-hydrogen) atoms. The molecule has 2 fully saturated rings. The van der Waals surface area contributed by atoms with Gasteiger partial charge in [0.1, 0.15) is 17.9 Å². The molecule has 198 valence electrons. The van der Waals surface area contributed by atoms with Gasteiger partial charge in [-0.25, -0.2) is 0 Å². The molecule has 2 aromatic rings. The smallest absolute Gasteiger partial charge is 0.321 e. The molecular formula is C29H35Cl2N3O3. The summed E-state index contributed by atoms with van der Waals surface area (Å²) in [7, 11) is 0. The molecule has 4 rings (SSSR count). The topological polar surface area (TPSA) is 76.8 Å². The van der Waals surface area contributed by atoms with Crippen LogP contribution in [-0.2, 0) is 4.79 Å². The second kappa shape index (κ2) is 12.5. The van der Waals surface area contributed by atoms with Gasteiger partial charge in [-0.3, -0.25) is 9.69 Å². The van der Waals surface area contributed by atoms with E-state index in [0.29, 0.717) is 21.5 Å². The van der Waals surface area contributed by atoms with Crippen molar-refractivity contribution in [1.82, 2.24) is 9.80 Å². The summed E-state index contributed by atoms with van der Waals surface area (Å²) < 4.78 is 6.25. The number of carbonyl (C=O) groups is 1. The van der Waals surface area contributed by atoms with Crippen LogP contribution < -0.4 is 4.74 Å². The van der Waals surface area contributed by atoms with Gasteiger partial charge in [-0.1, -0.05) is 42.3 Å². The lowest BCUT2D eigenvalue weighted by Gasteiger charge is -2.40. The molecule has 2 heterocycles. The van der Waals surface area contributed by atoms with Crippen molar-refractivity contribution in [1.29, 1.82) is 5.26 Å². The van der Waals surface area contributed by atoms with E-state index in [-0.39, 0.29) is 12.0 Å². The minimum Gasteiger partial charge on any atom is -0.490 e. The first-order chi connectivity index (χ1) is 17.8. The summed E-state index contributed by atoms with van der Waals surface area (Å²) in [6, 6.07) is 12.5. The van der Waals surface area contributed by atoms with E-state index in [1.807, 2.05) is 32.0 Å². The summed E-state index contributed by atoms with van der Waals surface area (Å²) in [5.41, 5.74) is 2.43. The Balaban J connectivity index is 1.25. The number of rotatable bonds is 8. The first kappa shape index (κ1) is 27.7. The van der Waals surface area contributed by atoms with Crippen LogP contribution in [0.15, 0.2) is 36.4 Å². The third-order valence-corrected chi connectivity index (χ3v) is 8.87. The SMILES string of the molecule is Cc1c(OC2CCN(CC3CCN([C@H](C(=O)O)C(C)c4ccc(C#N)cc4)CC3)CC2)ccc(Cl)c1Cl. The maximum absolute atomic E-state index is 12.2. The van der Waals surface area contributed by atoms with Crippen LogP contribution in [0, 0.1) is 24.2 Å². The monoisotopic (exact) mass is 543 g/mol. The van der Waals surface area contributed by atoms with Crippen molar-refractivity contribution >= 4 is 29.2 Å². The van der Waals surface area contributed by atoms with Crippen molar-refractivity contribution in [2.75, 3.05) is 32.7 Å². The van der Waals surface area contributed by atoms with Crippen molar-refractivity contribution in [3.8, 4) is 11.8 Å². The summed E-state index contributed by atoms with van der Waals surface area (Å²) in [6.45, 7) is 8.53. The third-order valence-electron chi connectivity index (χ3n) is 7.97. The lowest BCUT2D eigenvalue weighted by molar-refractivity contribution is -0.144. The number of halogens is 2. The van der Waals surface area contributed by atoms with Crippen LogP contribution in [0.1, 0.15) is 55.2 Å². The largest absolute Gasteiger partial charge is 0.490 e. The zero-order valence-electron chi connectivity index (χ0n) is 21.5. The Labute approximate surface area is 229 Å². The van der Waals surface area contributed by atoms with Crippen LogP contribution >= 0.6 is 23.2 Å². The van der Waals surface area contributed by atoms with Gasteiger partial charge in [0.25, 0.3) is 0 Å². The molecule has 0 saturated carbocycles. The molecule has 2 atom stereocenters. The van der Waals surface area contributed by atoms with Gasteiger partial charge in [-0.2, -0.15) is 5.26 Å². The Morgan fingerprint density at radius 2 is 1.73 bits per heavy atom. The molecule has 6 nitrogen and oxygen atoms in total. The average molecular weight is 545 g/mol. The number of aliphatic carboxylic acids is 1. The number of ether oxygens (including phenoxy) is 1. The van der Waals surface area contributed by atoms with Crippen molar-refractivity contribution in [3.05, 3.63) is 63.1 Å². The average Bonchev–Trinajstić information content (AvgIpc) is 2.91. The maximum atomic E-state index is 12.2. The Morgan fingerprint density at radius 1 is 1.08 bits per heavy atom. The van der Waals surface area contributed by atoms with Crippen molar-refractivity contribution in [2.24, 2.45) is 5.92 Å². The van der Waals surface area contributed by atoms with Gasteiger partial charge in [0.05, 0.1) is 21.7 Å². The second-order valence-corrected chi connectivity index (χ2v) is 11.2. The van der Waals surface area contributed by atoms with Crippen molar-refractivity contribution in [3.63, 3.8) is 0 Å². The zero-order chi connectivity index (χ0) is 26.5. The van der Waals surface area contributed by atoms with E-state index in [4.69, 9.17) is 33.2 Å². The molecule has 1 unspecified atom stereocenters. The molecule has 0 radical (unpaired) electrons. The number of carboxylic acid groups (broad SMARTS) is 1. The fourth-order valence-corrected chi connectivity index (χ4v) is 6.02. The molecular weight excluding hydrogens is 509 g/mol. The molecule has 0 amide bonds. The molecule has 2 saturated heterocycles. The Bertz CT molecular complexity index is 1120. The highest BCUT2D eigenvalue weighted by atomic mass is 35.5. The highest BCUT2D eigenvalue weighted by Gasteiger charge is 2.35. The van der Waals surface area contributed by atoms with Gasteiger partial charge < -0.3 is 14.7 Å². The first-order valence-electron chi connectivity index (χ1n) is 13.1. The van der Waals surface area contributed by atoms with Crippen molar-refractivity contribution in [2.45, 2.75) is 57.6 Å². The van der Waals surface area contributed by atoms with Gasteiger partial charge in [0, 0.05) is 31.1 Å². The van der Waals surface area contributed by atoms with Crippen LogP contribution in [0.4, 0.5) is 0 Å². The highest BCUT2D eigenvalue weighted by Crippen LogP contribution is 2.34. The van der Waals surface area contributed by atoms with Gasteiger partial charge in [0.15, 0.2) is 0 Å². The van der Waals surface area contributed by atoms with Gasteiger partial charge in [0.2, 0.25) is 0 Å². The van der Waals surface area contributed by atoms with Crippen LogP contribution in [0.5, 0.6) is 5.75 Å². The number of hydrogen-bond donors (Lipinski definition) is 1. The van der Waals surface area contributed by atoms with Crippen molar-refractivity contribution < 1.29 is 14.6 Å². The predicted molar refractivity (Wildman–Crippen MR) is 147 cm³/mol. The quantitative estimate of drug-likeness (QED) is 0.440. The fourth-order valence-electron chi connectivity index (χ4n) is 5.66. The predicted octanol–water partition coefficient (Wildman–Crippen LogP) is 5.99. The third kappa shape index (κ3) is 6.78. The lowest BCUT2D eigenvalue weighted by Crippen LogP contribution is -2.50. The molecule has 1 N–H and O–H groups in total. The summed E-state index contributed by atoms with van der Waals surface area (Å²) in [5.74, 6) is 0.448. The maximum Gasteiger partial charge on any atom is 0.321 e. The van der Waals surface area contributed by atoms with Gasteiger partial charge >= 0.3 is 5.97 Å². The molecule has 2 aliphatic heterocycles. The van der Waals surface area contributed by atoms with Gasteiger partial charge in [-0.05, 0) is 81.4 Å². The second-order valence-electron chi connectivity index (χ2n) is 10.4. The Hall–Kier alpha value is -2.30. The molecule has 2 aromatic carbocycles. The number of hydrogen-bond acceptors (Lipinski definition) is 5. The van der Waals surface area contributed by atoms with Crippen LogP contribution in [0.2, 0.25) is 10.0 Å². The molecule has 8 heteroatoms. The minimum atomic E-state index is -0.783. The molecule has 0 aromatic heterocycles. The number of likely N-dealkylation sites (tertiary alicyclic amines) is 2. The van der Waals surface area contributed by atoms with E-state index in [9.17, 15) is 9.90 Å². The number of piperidine rings is 2. The molecule has 2 aliphatic rings. The first-order valence-corrected chi connectivity index (χ1v) is 13.8. The van der Waals surface area contributed by atoms with E-state index in [2.05, 4.69) is 15.9 Å². The lowest BCUT2D eigenvalue weighted by atomic mass is 9.88. The number of nitrogens with zero attached hydrogens (tertiary/aromatic N) is 3. The minimum absolute atomic E-state index is 0.153. The van der Waals surface area contributed by atoms with E-state index in [1.165, 1.54) is 0 Å². The normalized spacial score (nSPS) is 19.8. The highest BCUT2D eigenvalue weighted by molar-refractivity contribution is 6.42. The zero-order valence-corrected chi connectivity index (χ0v) is 23.0. The van der Waals surface area contributed by atoms with Crippen LogP contribution in [0.3, 0.4) is 0 Å². The summed E-state index contributed by atoms with van der Waals surface area (Å²) in [4.78, 5) is 16.9. The molecule has 0 bridgehead atoms. The van der Waals surface area contributed by atoms with E-state index >= 15 is 0 Å². The summed E-state index contributed by atoms with van der Waals surface area (Å²) in [5, 5.41) is 20.2. The summed E-state index contributed by atoms with van der Waals surface area (Å²) >= 11 is 12.4. The number of nitriles is 1. The molecule has 0 spiro atoms.